The second-order valence-corrected chi connectivity index (χ2v) is 5.51. The molecule has 0 saturated carbocycles. The van der Waals surface area contributed by atoms with E-state index in [0.717, 1.165) is 25.1 Å². The van der Waals surface area contributed by atoms with E-state index in [1.807, 2.05) is 6.07 Å². The number of ketones is 1. The third kappa shape index (κ3) is 3.04. The molecule has 3 rings (SSSR count). The van der Waals surface area contributed by atoms with Gasteiger partial charge in [0.05, 0.1) is 12.7 Å². The molecule has 0 aromatic heterocycles. The minimum Gasteiger partial charge on any atom is -0.375 e. The van der Waals surface area contributed by atoms with Crippen LogP contribution in [0.2, 0.25) is 0 Å². The highest BCUT2D eigenvalue weighted by atomic mass is 16.5. The fraction of sp³-hybridized carbons (Fsp3) is 0.562. The van der Waals surface area contributed by atoms with Crippen molar-refractivity contribution in [1.82, 2.24) is 5.32 Å². The fourth-order valence-electron chi connectivity index (χ4n) is 2.98. The molecule has 1 heterocycles. The van der Waals surface area contributed by atoms with Gasteiger partial charge in [-0.1, -0.05) is 12.1 Å². The van der Waals surface area contributed by atoms with E-state index >= 15 is 0 Å². The van der Waals surface area contributed by atoms with Crippen LogP contribution in [0.1, 0.15) is 40.7 Å². The third-order valence-corrected chi connectivity index (χ3v) is 4.09. The first-order chi connectivity index (χ1) is 9.33. The van der Waals surface area contributed by atoms with Crippen LogP contribution in [0.15, 0.2) is 18.2 Å². The molecule has 1 unspecified atom stereocenters. The van der Waals surface area contributed by atoms with Gasteiger partial charge in [0.2, 0.25) is 0 Å². The summed E-state index contributed by atoms with van der Waals surface area (Å²) in [6.45, 7) is 2.39. The van der Waals surface area contributed by atoms with Crippen LogP contribution in [0.25, 0.3) is 0 Å². The van der Waals surface area contributed by atoms with Crippen LogP contribution >= 0.6 is 0 Å². The van der Waals surface area contributed by atoms with E-state index in [9.17, 15) is 4.79 Å². The molecule has 3 nitrogen and oxygen atoms in total. The molecule has 1 aliphatic heterocycles. The zero-order valence-corrected chi connectivity index (χ0v) is 11.3. The Labute approximate surface area is 114 Å². The van der Waals surface area contributed by atoms with Crippen molar-refractivity contribution in [2.24, 2.45) is 0 Å². The summed E-state index contributed by atoms with van der Waals surface area (Å²) in [5.41, 5.74) is 3.66. The number of ether oxygens (including phenoxy) is 1. The minimum absolute atomic E-state index is 0.0392. The maximum absolute atomic E-state index is 12.3. The summed E-state index contributed by atoms with van der Waals surface area (Å²) < 4.78 is 5.60. The highest BCUT2D eigenvalue weighted by molar-refractivity contribution is 5.96. The molecule has 3 heteroatoms. The number of nitrogens with one attached hydrogen (secondary N) is 1. The van der Waals surface area contributed by atoms with Gasteiger partial charge in [0.25, 0.3) is 0 Å². The van der Waals surface area contributed by atoms with Crippen molar-refractivity contribution in [1.29, 1.82) is 0 Å². The minimum atomic E-state index is 0.0392. The third-order valence-electron chi connectivity index (χ3n) is 4.09. The zero-order chi connectivity index (χ0) is 13.1. The van der Waals surface area contributed by atoms with Crippen LogP contribution in [0, 0.1) is 0 Å². The summed E-state index contributed by atoms with van der Waals surface area (Å²) in [6, 6.07) is 6.23. The second-order valence-electron chi connectivity index (χ2n) is 5.51. The second kappa shape index (κ2) is 5.85. The smallest absolute Gasteiger partial charge is 0.165 e. The quantitative estimate of drug-likeness (QED) is 0.845. The van der Waals surface area contributed by atoms with Crippen molar-refractivity contribution in [2.75, 3.05) is 19.7 Å². The largest absolute Gasteiger partial charge is 0.375 e. The number of fused-ring (bicyclic) bond motifs is 1. The van der Waals surface area contributed by atoms with Crippen molar-refractivity contribution in [2.45, 2.75) is 38.2 Å². The summed E-state index contributed by atoms with van der Waals surface area (Å²) in [5.74, 6) is 0.210. The number of Topliss-reactive ketones (excluding diaryl/α,β-unsaturated/α-hetero) is 1. The monoisotopic (exact) mass is 259 g/mol. The number of benzene rings is 1. The molecule has 0 radical (unpaired) electrons. The Morgan fingerprint density at radius 2 is 2.11 bits per heavy atom. The molecular weight excluding hydrogens is 238 g/mol. The van der Waals surface area contributed by atoms with E-state index in [2.05, 4.69) is 17.4 Å². The van der Waals surface area contributed by atoms with Crippen molar-refractivity contribution in [3.63, 3.8) is 0 Å². The predicted octanol–water partition coefficient (Wildman–Crippen LogP) is 2.13. The number of morpholine rings is 1. The maximum atomic E-state index is 12.3. The van der Waals surface area contributed by atoms with E-state index in [4.69, 9.17) is 4.74 Å². The first-order valence-corrected chi connectivity index (χ1v) is 7.30. The van der Waals surface area contributed by atoms with E-state index < -0.39 is 0 Å². The van der Waals surface area contributed by atoms with Crippen molar-refractivity contribution in [3.05, 3.63) is 34.9 Å². The Balaban J connectivity index is 1.69. The molecule has 0 spiro atoms. The van der Waals surface area contributed by atoms with E-state index in [0.29, 0.717) is 13.0 Å². The fourth-order valence-corrected chi connectivity index (χ4v) is 2.98. The molecule has 1 aromatic rings. The van der Waals surface area contributed by atoms with E-state index in [1.165, 1.54) is 30.4 Å². The van der Waals surface area contributed by atoms with Crippen LogP contribution in [0.3, 0.4) is 0 Å². The molecule has 1 aromatic carbocycles. The van der Waals surface area contributed by atoms with Crippen molar-refractivity contribution in [3.8, 4) is 0 Å². The molecule has 1 saturated heterocycles. The number of aryl methyl sites for hydroxylation is 2. The molecule has 2 aliphatic rings. The van der Waals surface area contributed by atoms with Gasteiger partial charge < -0.3 is 10.1 Å². The highest BCUT2D eigenvalue weighted by Gasteiger charge is 2.19. The molecule has 19 heavy (non-hydrogen) atoms. The standard InChI is InChI=1S/C16H21NO2/c18-16(10-15-11-17-7-8-19-15)14-6-5-12-3-1-2-4-13(12)9-14/h5-6,9,15,17H,1-4,7-8,10-11H2. The summed E-state index contributed by atoms with van der Waals surface area (Å²) in [4.78, 5) is 12.3. The molecule has 1 fully saturated rings. The van der Waals surface area contributed by atoms with Crippen molar-refractivity contribution >= 4 is 5.78 Å². The van der Waals surface area contributed by atoms with Gasteiger partial charge >= 0.3 is 0 Å². The average Bonchev–Trinajstić information content (AvgIpc) is 2.48. The number of rotatable bonds is 3. The number of carbonyl (C=O) groups is 1. The van der Waals surface area contributed by atoms with Gasteiger partial charge in [0.1, 0.15) is 0 Å². The molecular formula is C16H21NO2. The first kappa shape index (κ1) is 12.8. The van der Waals surface area contributed by atoms with Gasteiger partial charge in [-0.3, -0.25) is 4.79 Å². The average molecular weight is 259 g/mol. The lowest BCUT2D eigenvalue weighted by Crippen LogP contribution is -2.39. The lowest BCUT2D eigenvalue weighted by atomic mass is 9.89. The predicted molar refractivity (Wildman–Crippen MR) is 74.6 cm³/mol. The topological polar surface area (TPSA) is 38.3 Å². The molecule has 1 atom stereocenters. The van der Waals surface area contributed by atoms with Gasteiger partial charge in [0, 0.05) is 25.1 Å². The Hall–Kier alpha value is -1.19. The first-order valence-electron chi connectivity index (χ1n) is 7.30. The molecule has 1 N–H and O–H groups in total. The maximum Gasteiger partial charge on any atom is 0.165 e. The SMILES string of the molecule is O=C(CC1CNCCO1)c1ccc2c(c1)CCCC2. The Kier molecular flexibility index (Phi) is 3.95. The Morgan fingerprint density at radius 1 is 1.26 bits per heavy atom. The molecule has 0 bridgehead atoms. The molecule has 102 valence electrons. The van der Waals surface area contributed by atoms with E-state index in [1.54, 1.807) is 0 Å². The van der Waals surface area contributed by atoms with Gasteiger partial charge in [-0.05, 0) is 42.9 Å². The van der Waals surface area contributed by atoms with Crippen molar-refractivity contribution < 1.29 is 9.53 Å². The zero-order valence-electron chi connectivity index (χ0n) is 11.3. The number of hydrogen-bond donors (Lipinski definition) is 1. The van der Waals surface area contributed by atoms with Crippen LogP contribution in [0.5, 0.6) is 0 Å². The van der Waals surface area contributed by atoms with Gasteiger partial charge in [-0.15, -0.1) is 0 Å². The van der Waals surface area contributed by atoms with E-state index in [-0.39, 0.29) is 11.9 Å². The van der Waals surface area contributed by atoms with Crippen LogP contribution in [0.4, 0.5) is 0 Å². The summed E-state index contributed by atoms with van der Waals surface area (Å²) in [6.07, 6.45) is 5.35. The number of hydrogen-bond acceptors (Lipinski definition) is 3. The van der Waals surface area contributed by atoms with Crippen LogP contribution in [-0.4, -0.2) is 31.6 Å². The summed E-state index contributed by atoms with van der Waals surface area (Å²) in [5, 5.41) is 3.26. The van der Waals surface area contributed by atoms with Gasteiger partial charge in [0.15, 0.2) is 5.78 Å². The van der Waals surface area contributed by atoms with Crippen LogP contribution in [-0.2, 0) is 17.6 Å². The Bertz CT molecular complexity index is 464. The molecule has 1 aliphatic carbocycles. The summed E-state index contributed by atoms with van der Waals surface area (Å²) >= 11 is 0. The Morgan fingerprint density at radius 3 is 2.89 bits per heavy atom. The van der Waals surface area contributed by atoms with Gasteiger partial charge in [-0.2, -0.15) is 0 Å². The number of carbonyl (C=O) groups excluding carboxylic acids is 1. The van der Waals surface area contributed by atoms with Gasteiger partial charge in [-0.25, -0.2) is 0 Å². The van der Waals surface area contributed by atoms with Crippen LogP contribution < -0.4 is 5.32 Å². The molecule has 0 amide bonds. The highest BCUT2D eigenvalue weighted by Crippen LogP contribution is 2.23. The lowest BCUT2D eigenvalue weighted by Gasteiger charge is -2.23. The lowest BCUT2D eigenvalue weighted by molar-refractivity contribution is 0.0240. The summed E-state index contributed by atoms with van der Waals surface area (Å²) in [7, 11) is 0. The normalized spacial score (nSPS) is 22.8.